The lowest BCUT2D eigenvalue weighted by atomic mass is 9.92. The third-order valence-corrected chi connectivity index (χ3v) is 4.80. The fourth-order valence-electron chi connectivity index (χ4n) is 2.80. The number of carbonyl (C=O) groups excluding carboxylic acids is 2. The molecule has 2 aromatic carbocycles. The highest BCUT2D eigenvalue weighted by molar-refractivity contribution is 9.10. The van der Waals surface area contributed by atoms with Crippen LogP contribution in [0.2, 0.25) is 0 Å². The molecule has 1 heterocycles. The van der Waals surface area contributed by atoms with Crippen molar-refractivity contribution in [3.8, 4) is 5.75 Å². The molecule has 0 unspecified atom stereocenters. The van der Waals surface area contributed by atoms with Crippen LogP contribution < -0.4 is 10.1 Å². The van der Waals surface area contributed by atoms with Crippen molar-refractivity contribution in [1.29, 1.82) is 0 Å². The van der Waals surface area contributed by atoms with Crippen LogP contribution in [0.1, 0.15) is 18.1 Å². The Bertz CT molecular complexity index is 794. The van der Waals surface area contributed by atoms with Crippen molar-refractivity contribution < 1.29 is 14.3 Å². The molecule has 24 heavy (non-hydrogen) atoms. The normalized spacial score (nSPS) is 20.2. The molecule has 1 aliphatic heterocycles. The number of imide groups is 1. The van der Waals surface area contributed by atoms with Crippen LogP contribution >= 0.6 is 15.9 Å². The van der Waals surface area contributed by atoms with E-state index in [0.29, 0.717) is 5.75 Å². The van der Waals surface area contributed by atoms with Gasteiger partial charge in [-0.25, -0.2) is 4.79 Å². The van der Waals surface area contributed by atoms with Gasteiger partial charge in [0, 0.05) is 0 Å². The first-order valence-electron chi connectivity index (χ1n) is 7.48. The predicted molar refractivity (Wildman–Crippen MR) is 93.6 cm³/mol. The van der Waals surface area contributed by atoms with Gasteiger partial charge in [-0.3, -0.25) is 9.69 Å². The topological polar surface area (TPSA) is 58.6 Å². The Morgan fingerprint density at radius 2 is 1.88 bits per heavy atom. The molecule has 1 aliphatic rings. The van der Waals surface area contributed by atoms with Gasteiger partial charge in [-0.1, -0.05) is 36.4 Å². The maximum absolute atomic E-state index is 12.9. The fourth-order valence-corrected chi connectivity index (χ4v) is 3.39. The quantitative estimate of drug-likeness (QED) is 0.816. The minimum Gasteiger partial charge on any atom is -0.496 e. The van der Waals surface area contributed by atoms with Crippen molar-refractivity contribution in [2.75, 3.05) is 7.11 Å². The molecular weight excluding hydrogens is 372 g/mol. The van der Waals surface area contributed by atoms with Gasteiger partial charge >= 0.3 is 6.03 Å². The van der Waals surface area contributed by atoms with E-state index < -0.39 is 11.6 Å². The molecule has 0 aromatic heterocycles. The summed E-state index contributed by atoms with van der Waals surface area (Å²) >= 11 is 3.42. The highest BCUT2D eigenvalue weighted by Gasteiger charge is 2.48. The van der Waals surface area contributed by atoms with E-state index in [0.717, 1.165) is 15.6 Å². The summed E-state index contributed by atoms with van der Waals surface area (Å²) in [5.41, 5.74) is 0.562. The molecular formula is C18H17BrN2O3. The summed E-state index contributed by atoms with van der Waals surface area (Å²) in [6.07, 6.45) is 0. The maximum Gasteiger partial charge on any atom is 0.325 e. The number of methoxy groups -OCH3 is 1. The van der Waals surface area contributed by atoms with E-state index in [-0.39, 0.29) is 12.5 Å². The molecule has 1 saturated heterocycles. The van der Waals surface area contributed by atoms with E-state index in [1.54, 1.807) is 20.1 Å². The van der Waals surface area contributed by atoms with Crippen molar-refractivity contribution in [3.05, 3.63) is 64.1 Å². The van der Waals surface area contributed by atoms with Gasteiger partial charge in [0.25, 0.3) is 5.91 Å². The van der Waals surface area contributed by atoms with E-state index in [1.165, 1.54) is 4.90 Å². The van der Waals surface area contributed by atoms with Crippen LogP contribution in [-0.2, 0) is 16.9 Å². The molecule has 0 bridgehead atoms. The lowest BCUT2D eigenvalue weighted by Gasteiger charge is -2.22. The lowest BCUT2D eigenvalue weighted by molar-refractivity contribution is -0.131. The summed E-state index contributed by atoms with van der Waals surface area (Å²) in [7, 11) is 1.59. The Labute approximate surface area is 148 Å². The zero-order valence-corrected chi connectivity index (χ0v) is 15.0. The Balaban J connectivity index is 1.86. The second-order valence-corrected chi connectivity index (χ2v) is 6.64. The number of benzene rings is 2. The van der Waals surface area contributed by atoms with Crippen LogP contribution in [0.3, 0.4) is 0 Å². The molecule has 5 nitrogen and oxygen atoms in total. The number of amides is 3. The van der Waals surface area contributed by atoms with Gasteiger partial charge in [-0.05, 0) is 46.1 Å². The molecule has 1 atom stereocenters. The van der Waals surface area contributed by atoms with Crippen molar-refractivity contribution in [2.45, 2.75) is 19.0 Å². The maximum atomic E-state index is 12.9. The number of nitrogens with one attached hydrogen (secondary N) is 1. The van der Waals surface area contributed by atoms with Crippen LogP contribution in [0.25, 0.3) is 0 Å². The van der Waals surface area contributed by atoms with Crippen molar-refractivity contribution in [1.82, 2.24) is 10.2 Å². The molecule has 3 rings (SSSR count). The Morgan fingerprint density at radius 1 is 1.17 bits per heavy atom. The number of halogens is 1. The summed E-state index contributed by atoms with van der Waals surface area (Å²) in [4.78, 5) is 26.4. The highest BCUT2D eigenvalue weighted by atomic mass is 79.9. The van der Waals surface area contributed by atoms with E-state index in [9.17, 15) is 9.59 Å². The van der Waals surface area contributed by atoms with Gasteiger partial charge in [0.1, 0.15) is 11.3 Å². The lowest BCUT2D eigenvalue weighted by Crippen LogP contribution is -2.40. The SMILES string of the molecule is COc1ccc(CN2C(=O)N[C@@](C)(c3ccccc3)C2=O)cc1Br. The molecule has 0 saturated carbocycles. The third kappa shape index (κ3) is 2.78. The highest BCUT2D eigenvalue weighted by Crippen LogP contribution is 2.31. The van der Waals surface area contributed by atoms with Gasteiger partial charge in [0.2, 0.25) is 0 Å². The van der Waals surface area contributed by atoms with E-state index >= 15 is 0 Å². The van der Waals surface area contributed by atoms with Gasteiger partial charge in [-0.2, -0.15) is 0 Å². The van der Waals surface area contributed by atoms with Gasteiger partial charge in [-0.15, -0.1) is 0 Å². The van der Waals surface area contributed by atoms with Gasteiger partial charge in [0.05, 0.1) is 18.1 Å². The number of carbonyl (C=O) groups is 2. The van der Waals surface area contributed by atoms with Crippen LogP contribution in [0, 0.1) is 0 Å². The molecule has 124 valence electrons. The average Bonchev–Trinajstić information content (AvgIpc) is 2.80. The molecule has 0 aliphatic carbocycles. The van der Waals surface area contributed by atoms with Crippen molar-refractivity contribution >= 4 is 27.9 Å². The summed E-state index contributed by atoms with van der Waals surface area (Å²) < 4.78 is 5.97. The van der Waals surface area contributed by atoms with Crippen LogP contribution in [0.4, 0.5) is 4.79 Å². The molecule has 1 fully saturated rings. The minimum absolute atomic E-state index is 0.204. The molecule has 3 amide bonds. The van der Waals surface area contributed by atoms with Crippen LogP contribution in [0.15, 0.2) is 53.0 Å². The van der Waals surface area contributed by atoms with Crippen LogP contribution in [-0.4, -0.2) is 23.9 Å². The summed E-state index contributed by atoms with van der Waals surface area (Å²) in [6, 6.07) is 14.3. The van der Waals surface area contributed by atoms with E-state index in [2.05, 4.69) is 21.2 Å². The number of rotatable bonds is 4. The predicted octanol–water partition coefficient (Wildman–Crippen LogP) is 3.42. The summed E-state index contributed by atoms with van der Waals surface area (Å²) in [6.45, 7) is 1.93. The second-order valence-electron chi connectivity index (χ2n) is 5.78. The first kappa shape index (κ1) is 16.5. The van der Waals surface area contributed by atoms with Crippen molar-refractivity contribution in [2.24, 2.45) is 0 Å². The molecule has 6 heteroatoms. The van der Waals surface area contributed by atoms with Crippen molar-refractivity contribution in [3.63, 3.8) is 0 Å². The zero-order chi connectivity index (χ0) is 17.3. The number of hydrogen-bond acceptors (Lipinski definition) is 3. The van der Waals surface area contributed by atoms with E-state index in [4.69, 9.17) is 4.74 Å². The number of hydrogen-bond donors (Lipinski definition) is 1. The second kappa shape index (κ2) is 6.28. The smallest absolute Gasteiger partial charge is 0.325 e. The first-order chi connectivity index (χ1) is 11.5. The van der Waals surface area contributed by atoms with Gasteiger partial charge in [0.15, 0.2) is 0 Å². The molecule has 0 spiro atoms. The molecule has 0 radical (unpaired) electrons. The number of nitrogens with zero attached hydrogens (tertiary/aromatic N) is 1. The summed E-state index contributed by atoms with van der Waals surface area (Å²) in [5.74, 6) is 0.440. The third-order valence-electron chi connectivity index (χ3n) is 4.18. The van der Waals surface area contributed by atoms with E-state index in [1.807, 2.05) is 42.5 Å². The minimum atomic E-state index is -1.04. The largest absolute Gasteiger partial charge is 0.496 e. The Morgan fingerprint density at radius 3 is 2.50 bits per heavy atom. The summed E-state index contributed by atoms with van der Waals surface area (Å²) in [5, 5.41) is 2.80. The number of urea groups is 1. The monoisotopic (exact) mass is 388 g/mol. The molecule has 2 aromatic rings. The molecule has 1 N–H and O–H groups in total. The Hall–Kier alpha value is -2.34. The standard InChI is InChI=1S/C18H17BrN2O3/c1-18(13-6-4-3-5-7-13)16(22)21(17(23)20-18)11-12-8-9-15(24-2)14(19)10-12/h3-10H,11H2,1-2H3,(H,20,23)/t18-/m0/s1. The fraction of sp³-hybridized carbons (Fsp3) is 0.222. The number of ether oxygens (including phenoxy) is 1. The zero-order valence-electron chi connectivity index (χ0n) is 13.4. The first-order valence-corrected chi connectivity index (χ1v) is 8.27. The Kier molecular flexibility index (Phi) is 4.32. The van der Waals surface area contributed by atoms with Gasteiger partial charge < -0.3 is 10.1 Å². The van der Waals surface area contributed by atoms with Crippen LogP contribution in [0.5, 0.6) is 5.75 Å². The average molecular weight is 389 g/mol.